The lowest BCUT2D eigenvalue weighted by molar-refractivity contribution is 0.786. The van der Waals surface area contributed by atoms with Gasteiger partial charge < -0.3 is 10.2 Å². The van der Waals surface area contributed by atoms with E-state index in [1.807, 2.05) is 25.1 Å². The van der Waals surface area contributed by atoms with Gasteiger partial charge in [-0.25, -0.2) is 4.98 Å². The summed E-state index contributed by atoms with van der Waals surface area (Å²) in [6.07, 6.45) is 9.89. The molecule has 86 valence electrons. The minimum absolute atomic E-state index is 0.716. The van der Waals surface area contributed by atoms with Crippen LogP contribution in [0.15, 0.2) is 12.3 Å². The molecule has 0 unspecified atom stereocenters. The summed E-state index contributed by atoms with van der Waals surface area (Å²) in [6.45, 7) is 0.894. The summed E-state index contributed by atoms with van der Waals surface area (Å²) in [4.78, 5) is 10.4. The van der Waals surface area contributed by atoms with Crippen LogP contribution >= 0.6 is 0 Å². The van der Waals surface area contributed by atoms with Crippen LogP contribution in [0.4, 0.5) is 11.8 Å². The highest BCUT2D eigenvalue weighted by molar-refractivity contribution is 5.40. The largest absolute Gasteiger partial charge is 0.370 e. The SMILES string of the molecule is C#CCCCCNc1ccnc(N(C)C)n1. The molecule has 0 amide bonds. The molecular formula is C12H18N4. The maximum atomic E-state index is 5.18. The third kappa shape index (κ3) is 4.18. The molecule has 0 saturated heterocycles. The lowest BCUT2D eigenvalue weighted by atomic mass is 10.2. The minimum atomic E-state index is 0.716. The molecule has 0 saturated carbocycles. The van der Waals surface area contributed by atoms with E-state index in [4.69, 9.17) is 6.42 Å². The van der Waals surface area contributed by atoms with Crippen LogP contribution < -0.4 is 10.2 Å². The smallest absolute Gasteiger partial charge is 0.226 e. The standard InChI is InChI=1S/C12H18N4/c1-4-5-6-7-9-13-11-8-10-14-12(15-11)16(2)3/h1,8,10H,5-7,9H2,2-3H3,(H,13,14,15). The van der Waals surface area contributed by atoms with Gasteiger partial charge in [-0.15, -0.1) is 12.3 Å². The van der Waals surface area contributed by atoms with E-state index in [0.717, 1.165) is 31.6 Å². The van der Waals surface area contributed by atoms with E-state index < -0.39 is 0 Å². The number of nitrogens with zero attached hydrogens (tertiary/aromatic N) is 3. The monoisotopic (exact) mass is 218 g/mol. The third-order valence-electron chi connectivity index (χ3n) is 2.10. The van der Waals surface area contributed by atoms with Crippen LogP contribution in [0, 0.1) is 12.3 Å². The predicted octanol–water partition coefficient (Wildman–Crippen LogP) is 1.76. The average molecular weight is 218 g/mol. The molecule has 4 nitrogen and oxygen atoms in total. The highest BCUT2D eigenvalue weighted by Gasteiger charge is 1.99. The van der Waals surface area contributed by atoms with Crippen LogP contribution in [0.3, 0.4) is 0 Å². The van der Waals surface area contributed by atoms with Crippen molar-refractivity contribution >= 4 is 11.8 Å². The number of rotatable bonds is 6. The molecule has 0 aliphatic carbocycles. The Morgan fingerprint density at radius 2 is 2.25 bits per heavy atom. The molecule has 0 aromatic carbocycles. The van der Waals surface area contributed by atoms with Gasteiger partial charge in [0, 0.05) is 33.3 Å². The summed E-state index contributed by atoms with van der Waals surface area (Å²) in [5.41, 5.74) is 0. The zero-order valence-corrected chi connectivity index (χ0v) is 9.90. The van der Waals surface area contributed by atoms with Crippen LogP contribution in [0.25, 0.3) is 0 Å². The normalized spacial score (nSPS) is 9.56. The van der Waals surface area contributed by atoms with Gasteiger partial charge in [-0.3, -0.25) is 0 Å². The average Bonchev–Trinajstić information content (AvgIpc) is 2.29. The summed E-state index contributed by atoms with van der Waals surface area (Å²) in [7, 11) is 3.85. The predicted molar refractivity (Wildman–Crippen MR) is 67.5 cm³/mol. The van der Waals surface area contributed by atoms with Crippen LogP contribution in [0.2, 0.25) is 0 Å². The summed E-state index contributed by atoms with van der Waals surface area (Å²) >= 11 is 0. The topological polar surface area (TPSA) is 41.1 Å². The molecule has 4 heteroatoms. The van der Waals surface area contributed by atoms with Gasteiger partial charge in [0.05, 0.1) is 0 Å². The van der Waals surface area contributed by atoms with E-state index in [0.29, 0.717) is 5.95 Å². The second-order valence-electron chi connectivity index (χ2n) is 3.72. The van der Waals surface area contributed by atoms with Crippen molar-refractivity contribution in [1.29, 1.82) is 0 Å². The Morgan fingerprint density at radius 1 is 1.44 bits per heavy atom. The van der Waals surface area contributed by atoms with E-state index in [1.54, 1.807) is 6.20 Å². The number of anilines is 2. The van der Waals surface area contributed by atoms with E-state index in [-0.39, 0.29) is 0 Å². The molecule has 0 aliphatic rings. The fourth-order valence-corrected chi connectivity index (χ4v) is 1.23. The van der Waals surface area contributed by atoms with Crippen LogP contribution in [0.5, 0.6) is 0 Å². The molecule has 1 aromatic rings. The van der Waals surface area contributed by atoms with Crippen molar-refractivity contribution in [3.05, 3.63) is 12.3 Å². The lowest BCUT2D eigenvalue weighted by Crippen LogP contribution is -2.13. The van der Waals surface area contributed by atoms with Gasteiger partial charge in [-0.05, 0) is 18.9 Å². The molecule has 0 aliphatic heterocycles. The zero-order chi connectivity index (χ0) is 11.8. The summed E-state index contributed by atoms with van der Waals surface area (Å²) in [5, 5.41) is 3.25. The molecule has 0 fully saturated rings. The zero-order valence-electron chi connectivity index (χ0n) is 9.90. The van der Waals surface area contributed by atoms with Gasteiger partial charge in [0.25, 0.3) is 0 Å². The van der Waals surface area contributed by atoms with Crippen molar-refractivity contribution in [3.8, 4) is 12.3 Å². The van der Waals surface area contributed by atoms with Gasteiger partial charge in [0.15, 0.2) is 0 Å². The molecule has 16 heavy (non-hydrogen) atoms. The van der Waals surface area contributed by atoms with Crippen LogP contribution in [0.1, 0.15) is 19.3 Å². The fourth-order valence-electron chi connectivity index (χ4n) is 1.23. The van der Waals surface area contributed by atoms with Gasteiger partial charge in [-0.1, -0.05) is 0 Å². The Hall–Kier alpha value is -1.76. The first kappa shape index (κ1) is 12.3. The molecule has 1 N–H and O–H groups in total. The number of aromatic nitrogens is 2. The van der Waals surface area contributed by atoms with Crippen molar-refractivity contribution in [3.63, 3.8) is 0 Å². The van der Waals surface area contributed by atoms with E-state index in [9.17, 15) is 0 Å². The number of terminal acetylenes is 1. The first-order valence-electron chi connectivity index (χ1n) is 5.41. The van der Waals surface area contributed by atoms with E-state index >= 15 is 0 Å². The molecular weight excluding hydrogens is 200 g/mol. The molecule has 1 heterocycles. The molecule has 1 aromatic heterocycles. The van der Waals surface area contributed by atoms with Crippen molar-refractivity contribution in [2.24, 2.45) is 0 Å². The van der Waals surface area contributed by atoms with Gasteiger partial charge >= 0.3 is 0 Å². The van der Waals surface area contributed by atoms with E-state index in [1.165, 1.54) is 0 Å². The Labute approximate surface area is 97.1 Å². The highest BCUT2D eigenvalue weighted by Crippen LogP contribution is 2.07. The second-order valence-corrected chi connectivity index (χ2v) is 3.72. The van der Waals surface area contributed by atoms with Crippen molar-refractivity contribution < 1.29 is 0 Å². The second kappa shape index (κ2) is 6.67. The third-order valence-corrected chi connectivity index (χ3v) is 2.10. The summed E-state index contributed by atoms with van der Waals surface area (Å²) in [6, 6.07) is 1.87. The number of unbranched alkanes of at least 4 members (excludes halogenated alkanes) is 2. The first-order chi connectivity index (χ1) is 7.74. The van der Waals surface area contributed by atoms with Gasteiger partial charge in [0.1, 0.15) is 5.82 Å². The Kier molecular flexibility index (Phi) is 5.13. The molecule has 0 atom stereocenters. The number of nitrogens with one attached hydrogen (secondary N) is 1. The molecule has 1 rings (SSSR count). The Morgan fingerprint density at radius 3 is 2.94 bits per heavy atom. The molecule has 0 spiro atoms. The highest BCUT2D eigenvalue weighted by atomic mass is 15.2. The Bertz CT molecular complexity index is 354. The quantitative estimate of drug-likeness (QED) is 0.583. The van der Waals surface area contributed by atoms with Crippen molar-refractivity contribution in [2.45, 2.75) is 19.3 Å². The first-order valence-corrected chi connectivity index (χ1v) is 5.41. The number of hydrogen-bond acceptors (Lipinski definition) is 4. The van der Waals surface area contributed by atoms with Crippen molar-refractivity contribution in [2.75, 3.05) is 30.9 Å². The van der Waals surface area contributed by atoms with Crippen LogP contribution in [-0.4, -0.2) is 30.6 Å². The summed E-state index contributed by atoms with van der Waals surface area (Å²) < 4.78 is 0. The van der Waals surface area contributed by atoms with Crippen molar-refractivity contribution in [1.82, 2.24) is 9.97 Å². The molecule has 0 radical (unpaired) electrons. The van der Waals surface area contributed by atoms with E-state index in [2.05, 4.69) is 21.2 Å². The maximum absolute atomic E-state index is 5.18. The minimum Gasteiger partial charge on any atom is -0.370 e. The lowest BCUT2D eigenvalue weighted by Gasteiger charge is -2.11. The maximum Gasteiger partial charge on any atom is 0.226 e. The summed E-state index contributed by atoms with van der Waals surface area (Å²) in [5.74, 6) is 4.21. The van der Waals surface area contributed by atoms with Crippen LogP contribution in [-0.2, 0) is 0 Å². The fraction of sp³-hybridized carbons (Fsp3) is 0.500. The molecule has 0 bridgehead atoms. The van der Waals surface area contributed by atoms with Gasteiger partial charge in [-0.2, -0.15) is 4.98 Å². The number of hydrogen-bond donors (Lipinski definition) is 1. The van der Waals surface area contributed by atoms with Gasteiger partial charge in [0.2, 0.25) is 5.95 Å². The Balaban J connectivity index is 2.37.